The standard InChI is InChI=1S/C8H8O3S.C2H6.CH4O/c9-6(3-4-8(10)11)7-2-1-5-12-7;2*1-2/h1-2,5H,3-4H2,(H,10,11);1-2H3;2H,1H3. The van der Waals surface area contributed by atoms with E-state index in [2.05, 4.69) is 0 Å². The SMILES string of the molecule is CC.CO.O=C(O)CCC(=O)c1cccs1. The van der Waals surface area contributed by atoms with Gasteiger partial charge in [0, 0.05) is 13.5 Å². The lowest BCUT2D eigenvalue weighted by atomic mass is 10.2. The summed E-state index contributed by atoms with van der Waals surface area (Å²) >= 11 is 1.34. The Balaban J connectivity index is 0. The number of thiophene rings is 1. The number of carboxylic acids is 1. The van der Waals surface area contributed by atoms with Crippen LogP contribution in [0, 0.1) is 0 Å². The van der Waals surface area contributed by atoms with Crippen LogP contribution in [0.4, 0.5) is 0 Å². The van der Waals surface area contributed by atoms with Gasteiger partial charge in [0.05, 0.1) is 11.3 Å². The normalized spacial score (nSPS) is 8.00. The molecule has 1 heterocycles. The molecule has 16 heavy (non-hydrogen) atoms. The molecular formula is C11H18O4S. The maximum Gasteiger partial charge on any atom is 0.303 e. The lowest BCUT2D eigenvalue weighted by Gasteiger charge is -1.92. The van der Waals surface area contributed by atoms with Crippen molar-refractivity contribution in [2.45, 2.75) is 26.7 Å². The zero-order valence-electron chi connectivity index (χ0n) is 9.77. The Hall–Kier alpha value is -1.20. The summed E-state index contributed by atoms with van der Waals surface area (Å²) in [5.41, 5.74) is 0. The largest absolute Gasteiger partial charge is 0.481 e. The second kappa shape index (κ2) is 11.9. The maximum absolute atomic E-state index is 11.2. The molecule has 1 aromatic heterocycles. The lowest BCUT2D eigenvalue weighted by molar-refractivity contribution is -0.136. The molecule has 0 aliphatic carbocycles. The number of aliphatic hydroxyl groups excluding tert-OH is 1. The summed E-state index contributed by atoms with van der Waals surface area (Å²) in [4.78, 5) is 21.9. The van der Waals surface area contributed by atoms with E-state index >= 15 is 0 Å². The Bertz CT molecular complexity index is 280. The molecule has 0 aromatic carbocycles. The summed E-state index contributed by atoms with van der Waals surface area (Å²) < 4.78 is 0. The van der Waals surface area contributed by atoms with Crippen molar-refractivity contribution in [2.24, 2.45) is 0 Å². The van der Waals surface area contributed by atoms with E-state index in [9.17, 15) is 9.59 Å². The Morgan fingerprint density at radius 1 is 1.25 bits per heavy atom. The fourth-order valence-corrected chi connectivity index (χ4v) is 1.48. The quantitative estimate of drug-likeness (QED) is 0.800. The van der Waals surface area contributed by atoms with E-state index in [1.54, 1.807) is 17.5 Å². The van der Waals surface area contributed by atoms with E-state index in [0.29, 0.717) is 4.88 Å². The van der Waals surface area contributed by atoms with Crippen LogP contribution in [0.1, 0.15) is 36.4 Å². The molecule has 0 atom stereocenters. The topological polar surface area (TPSA) is 74.6 Å². The summed E-state index contributed by atoms with van der Waals surface area (Å²) in [6.07, 6.45) is 0.00653. The van der Waals surface area contributed by atoms with Crippen LogP contribution in [-0.4, -0.2) is 29.1 Å². The van der Waals surface area contributed by atoms with E-state index < -0.39 is 5.97 Å². The number of ketones is 1. The van der Waals surface area contributed by atoms with Gasteiger partial charge in [0.25, 0.3) is 0 Å². The molecule has 0 spiro atoms. The first-order chi connectivity index (χ1) is 7.70. The number of carbonyl (C=O) groups excluding carboxylic acids is 1. The van der Waals surface area contributed by atoms with E-state index in [1.807, 2.05) is 13.8 Å². The average molecular weight is 246 g/mol. The third kappa shape index (κ3) is 8.14. The van der Waals surface area contributed by atoms with Gasteiger partial charge in [-0.25, -0.2) is 0 Å². The zero-order valence-corrected chi connectivity index (χ0v) is 10.6. The molecule has 0 aliphatic heterocycles. The van der Waals surface area contributed by atoms with E-state index in [1.165, 1.54) is 11.3 Å². The maximum atomic E-state index is 11.2. The van der Waals surface area contributed by atoms with Crippen LogP contribution in [0.3, 0.4) is 0 Å². The van der Waals surface area contributed by atoms with Crippen molar-refractivity contribution >= 4 is 23.1 Å². The van der Waals surface area contributed by atoms with E-state index in [-0.39, 0.29) is 18.6 Å². The number of Topliss-reactive ketones (excluding diaryl/α,β-unsaturated/α-hetero) is 1. The highest BCUT2D eigenvalue weighted by molar-refractivity contribution is 7.12. The van der Waals surface area contributed by atoms with Gasteiger partial charge in [0.1, 0.15) is 0 Å². The molecule has 0 unspecified atom stereocenters. The van der Waals surface area contributed by atoms with Gasteiger partial charge < -0.3 is 10.2 Å². The van der Waals surface area contributed by atoms with Crippen LogP contribution in [0.5, 0.6) is 0 Å². The first-order valence-corrected chi connectivity index (χ1v) is 5.81. The smallest absolute Gasteiger partial charge is 0.303 e. The van der Waals surface area contributed by atoms with Crippen molar-refractivity contribution in [3.05, 3.63) is 22.4 Å². The van der Waals surface area contributed by atoms with Crippen LogP contribution in [-0.2, 0) is 4.79 Å². The molecule has 5 heteroatoms. The predicted molar refractivity (Wildman–Crippen MR) is 65.0 cm³/mol. The monoisotopic (exact) mass is 246 g/mol. The van der Waals surface area contributed by atoms with Crippen molar-refractivity contribution < 1.29 is 19.8 Å². The first-order valence-electron chi connectivity index (χ1n) is 4.93. The molecule has 0 aliphatic rings. The minimum absolute atomic E-state index is 0.0866. The van der Waals surface area contributed by atoms with Crippen LogP contribution < -0.4 is 0 Å². The molecule has 0 bridgehead atoms. The van der Waals surface area contributed by atoms with Crippen molar-refractivity contribution in [2.75, 3.05) is 7.11 Å². The van der Waals surface area contributed by atoms with Crippen molar-refractivity contribution in [1.29, 1.82) is 0 Å². The van der Waals surface area contributed by atoms with Crippen LogP contribution >= 0.6 is 11.3 Å². The highest BCUT2D eigenvalue weighted by atomic mass is 32.1. The third-order valence-electron chi connectivity index (χ3n) is 1.36. The fourth-order valence-electron chi connectivity index (χ4n) is 0.781. The molecule has 1 rings (SSSR count). The molecule has 2 N–H and O–H groups in total. The van der Waals surface area contributed by atoms with Gasteiger partial charge in [-0.05, 0) is 11.4 Å². The summed E-state index contributed by atoms with van der Waals surface area (Å²) in [5.74, 6) is -1.02. The number of aliphatic carboxylic acids is 1. The van der Waals surface area contributed by atoms with Crippen molar-refractivity contribution in [1.82, 2.24) is 0 Å². The Labute approximate surface area is 99.5 Å². The van der Waals surface area contributed by atoms with Gasteiger partial charge in [0.15, 0.2) is 5.78 Å². The van der Waals surface area contributed by atoms with Crippen LogP contribution in [0.25, 0.3) is 0 Å². The summed E-state index contributed by atoms with van der Waals surface area (Å²) in [6.45, 7) is 4.00. The zero-order chi connectivity index (χ0) is 13.0. The molecule has 0 fully saturated rings. The van der Waals surface area contributed by atoms with Crippen LogP contribution in [0.15, 0.2) is 17.5 Å². The minimum Gasteiger partial charge on any atom is -0.481 e. The van der Waals surface area contributed by atoms with Gasteiger partial charge in [-0.15, -0.1) is 11.3 Å². The minimum atomic E-state index is -0.931. The molecule has 0 saturated heterocycles. The third-order valence-corrected chi connectivity index (χ3v) is 2.27. The van der Waals surface area contributed by atoms with Gasteiger partial charge in [0.2, 0.25) is 0 Å². The summed E-state index contributed by atoms with van der Waals surface area (Å²) in [5, 5.41) is 17.1. The lowest BCUT2D eigenvalue weighted by Crippen LogP contribution is -2.01. The molecule has 0 amide bonds. The summed E-state index contributed by atoms with van der Waals surface area (Å²) in [6, 6.07) is 3.48. The van der Waals surface area contributed by atoms with Gasteiger partial charge in [-0.1, -0.05) is 19.9 Å². The van der Waals surface area contributed by atoms with Gasteiger partial charge >= 0.3 is 5.97 Å². The Morgan fingerprint density at radius 2 is 1.81 bits per heavy atom. The highest BCUT2D eigenvalue weighted by Gasteiger charge is 2.08. The number of hydrogen-bond acceptors (Lipinski definition) is 4. The molecule has 92 valence electrons. The Kier molecular flexibility index (Phi) is 12.8. The molecule has 4 nitrogen and oxygen atoms in total. The fraction of sp³-hybridized carbons (Fsp3) is 0.455. The highest BCUT2D eigenvalue weighted by Crippen LogP contribution is 2.11. The number of rotatable bonds is 4. The molecule has 1 aromatic rings. The predicted octanol–water partition coefficient (Wildman–Crippen LogP) is 2.43. The molecule has 0 saturated carbocycles. The average Bonchev–Trinajstić information content (AvgIpc) is 2.85. The van der Waals surface area contributed by atoms with Crippen molar-refractivity contribution in [3.63, 3.8) is 0 Å². The molecule has 0 radical (unpaired) electrons. The second-order valence-corrected chi connectivity index (χ2v) is 3.24. The number of carboxylic acid groups (broad SMARTS) is 1. The summed E-state index contributed by atoms with van der Waals surface area (Å²) in [7, 11) is 1.00. The molecular weight excluding hydrogens is 228 g/mol. The van der Waals surface area contributed by atoms with Gasteiger partial charge in [-0.3, -0.25) is 9.59 Å². The first kappa shape index (κ1) is 17.2. The number of aliphatic hydroxyl groups is 1. The number of hydrogen-bond donors (Lipinski definition) is 2. The van der Waals surface area contributed by atoms with E-state index in [0.717, 1.165) is 7.11 Å². The van der Waals surface area contributed by atoms with Crippen molar-refractivity contribution in [3.8, 4) is 0 Å². The second-order valence-electron chi connectivity index (χ2n) is 2.29. The number of carbonyl (C=O) groups is 2. The van der Waals surface area contributed by atoms with Gasteiger partial charge in [-0.2, -0.15) is 0 Å². The van der Waals surface area contributed by atoms with Crippen LogP contribution in [0.2, 0.25) is 0 Å². The Morgan fingerprint density at radius 3 is 2.19 bits per heavy atom. The van der Waals surface area contributed by atoms with E-state index in [4.69, 9.17) is 10.2 Å².